The topological polar surface area (TPSA) is 88.8 Å². The molecule has 0 saturated carbocycles. The van der Waals surface area contributed by atoms with Gasteiger partial charge in [-0.15, -0.1) is 0 Å². The van der Waals surface area contributed by atoms with Gasteiger partial charge in [0.05, 0.1) is 21.5 Å². The Bertz CT molecular complexity index is 1440. The van der Waals surface area contributed by atoms with Crippen LogP contribution in [-0.4, -0.2) is 18.4 Å². The van der Waals surface area contributed by atoms with Gasteiger partial charge in [-0.05, 0) is 60.0 Å². The van der Waals surface area contributed by atoms with Crippen LogP contribution in [-0.2, 0) is 16.2 Å². The molecule has 32 heavy (non-hydrogen) atoms. The van der Waals surface area contributed by atoms with E-state index in [2.05, 4.69) is 9.97 Å². The summed E-state index contributed by atoms with van der Waals surface area (Å²) in [5.74, 6) is 0.507. The molecule has 4 aromatic rings. The number of benzene rings is 3. The van der Waals surface area contributed by atoms with Crippen LogP contribution in [0.5, 0.6) is 0 Å². The number of hydrogen-bond donors (Lipinski definition) is 2. The molecule has 0 bridgehead atoms. The highest BCUT2D eigenvalue weighted by Crippen LogP contribution is 2.31. The highest BCUT2D eigenvalue weighted by molar-refractivity contribution is 7.89. The number of imidazole rings is 1. The summed E-state index contributed by atoms with van der Waals surface area (Å²) in [5.41, 5.74) is 3.13. The van der Waals surface area contributed by atoms with Gasteiger partial charge in [0, 0.05) is 5.56 Å². The lowest BCUT2D eigenvalue weighted by molar-refractivity contribution is -0.137. The monoisotopic (exact) mass is 457 g/mol. The Hall–Kier alpha value is -3.43. The van der Waals surface area contributed by atoms with Crippen LogP contribution in [0, 0.1) is 6.92 Å². The minimum atomic E-state index is -4.38. The number of rotatable bonds is 4. The fourth-order valence-corrected chi connectivity index (χ4v) is 4.18. The third-order valence-corrected chi connectivity index (χ3v) is 5.88. The van der Waals surface area contributed by atoms with Gasteiger partial charge in [0.1, 0.15) is 5.82 Å². The van der Waals surface area contributed by atoms with Gasteiger partial charge in [-0.1, -0.05) is 36.4 Å². The summed E-state index contributed by atoms with van der Waals surface area (Å²) in [6, 6.07) is 15.1. The van der Waals surface area contributed by atoms with Gasteiger partial charge in [-0.25, -0.2) is 18.5 Å². The molecule has 0 aliphatic carbocycles. The second-order valence-corrected chi connectivity index (χ2v) is 8.88. The standard InChI is InChI=1S/C23H18F3N3O2S/c1-14-2-9-18(21(12-14)32(27,30)31)16-6-10-19-20(13-16)29-22(28-19)11-5-15-3-7-17(8-4-15)23(24,25)26/h2-13H,1H3,(H,28,29)(H2,27,30,31)/b11-5+. The number of H-pyrrole nitrogens is 1. The molecule has 0 amide bonds. The minimum absolute atomic E-state index is 0.0405. The average molecular weight is 457 g/mol. The molecule has 5 nitrogen and oxygen atoms in total. The maximum Gasteiger partial charge on any atom is 0.416 e. The molecule has 1 aromatic heterocycles. The fraction of sp³-hybridized carbons (Fsp3) is 0.0870. The number of aromatic amines is 1. The van der Waals surface area contributed by atoms with Crippen molar-refractivity contribution in [2.24, 2.45) is 5.14 Å². The molecule has 0 unspecified atom stereocenters. The number of alkyl halides is 3. The molecule has 0 atom stereocenters. The van der Waals surface area contributed by atoms with E-state index in [-0.39, 0.29) is 4.90 Å². The van der Waals surface area contributed by atoms with Crippen LogP contribution < -0.4 is 5.14 Å². The Morgan fingerprint density at radius 2 is 1.69 bits per heavy atom. The van der Waals surface area contributed by atoms with Gasteiger partial charge < -0.3 is 4.98 Å². The van der Waals surface area contributed by atoms with E-state index >= 15 is 0 Å². The lowest BCUT2D eigenvalue weighted by Crippen LogP contribution is -2.13. The van der Waals surface area contributed by atoms with Crippen molar-refractivity contribution < 1.29 is 21.6 Å². The zero-order valence-electron chi connectivity index (χ0n) is 16.8. The average Bonchev–Trinajstić information content (AvgIpc) is 3.13. The number of aryl methyl sites for hydroxylation is 1. The van der Waals surface area contributed by atoms with Crippen molar-refractivity contribution in [3.63, 3.8) is 0 Å². The highest BCUT2D eigenvalue weighted by Gasteiger charge is 2.29. The summed E-state index contributed by atoms with van der Waals surface area (Å²) in [4.78, 5) is 7.60. The van der Waals surface area contributed by atoms with Crippen LogP contribution in [0.3, 0.4) is 0 Å². The summed E-state index contributed by atoms with van der Waals surface area (Å²) < 4.78 is 62.1. The molecule has 3 N–H and O–H groups in total. The number of primary sulfonamides is 1. The van der Waals surface area contributed by atoms with Crippen molar-refractivity contribution in [3.05, 3.63) is 83.2 Å². The molecule has 0 saturated heterocycles. The predicted molar refractivity (Wildman–Crippen MR) is 118 cm³/mol. The van der Waals surface area contributed by atoms with Crippen molar-refractivity contribution in [1.29, 1.82) is 0 Å². The van der Waals surface area contributed by atoms with E-state index in [9.17, 15) is 21.6 Å². The van der Waals surface area contributed by atoms with Gasteiger partial charge in [0.2, 0.25) is 10.0 Å². The zero-order chi connectivity index (χ0) is 23.1. The summed E-state index contributed by atoms with van der Waals surface area (Å²) in [7, 11) is -3.91. The number of sulfonamides is 1. The van der Waals surface area contributed by atoms with Crippen LogP contribution >= 0.6 is 0 Å². The van der Waals surface area contributed by atoms with E-state index in [0.29, 0.717) is 33.5 Å². The number of fused-ring (bicyclic) bond motifs is 1. The molecule has 0 radical (unpaired) electrons. The second kappa shape index (κ2) is 7.92. The van der Waals surface area contributed by atoms with Crippen LogP contribution in [0.15, 0.2) is 65.6 Å². The molecule has 1 heterocycles. The Balaban J connectivity index is 1.65. The van der Waals surface area contributed by atoms with Crippen molar-refractivity contribution in [2.75, 3.05) is 0 Å². The Kier molecular flexibility index (Phi) is 5.39. The first-order valence-electron chi connectivity index (χ1n) is 9.50. The lowest BCUT2D eigenvalue weighted by atomic mass is 10.0. The number of nitrogens with two attached hydrogens (primary N) is 1. The Labute approximate surface area is 182 Å². The Morgan fingerprint density at radius 3 is 2.34 bits per heavy atom. The van der Waals surface area contributed by atoms with Crippen molar-refractivity contribution in [3.8, 4) is 11.1 Å². The van der Waals surface area contributed by atoms with Gasteiger partial charge >= 0.3 is 6.18 Å². The van der Waals surface area contributed by atoms with Crippen LogP contribution in [0.2, 0.25) is 0 Å². The molecule has 0 aliphatic rings. The molecule has 4 rings (SSSR count). The first-order valence-corrected chi connectivity index (χ1v) is 11.0. The van der Waals surface area contributed by atoms with Gasteiger partial charge in [-0.3, -0.25) is 0 Å². The van der Waals surface area contributed by atoms with E-state index in [1.54, 1.807) is 49.4 Å². The molecule has 0 fully saturated rings. The number of nitrogens with one attached hydrogen (secondary N) is 1. The van der Waals surface area contributed by atoms with E-state index < -0.39 is 21.8 Å². The first kappa shape index (κ1) is 21.8. The third-order valence-electron chi connectivity index (χ3n) is 4.93. The maximum atomic E-state index is 12.7. The number of aromatic nitrogens is 2. The van der Waals surface area contributed by atoms with Crippen molar-refractivity contribution in [1.82, 2.24) is 9.97 Å². The van der Waals surface area contributed by atoms with E-state index in [0.717, 1.165) is 17.7 Å². The van der Waals surface area contributed by atoms with Gasteiger partial charge in [-0.2, -0.15) is 13.2 Å². The molecule has 9 heteroatoms. The SMILES string of the molecule is Cc1ccc(-c2ccc3nc(/C=C/c4ccc(C(F)(F)F)cc4)[nH]c3c2)c(S(N)(=O)=O)c1. The summed E-state index contributed by atoms with van der Waals surface area (Å²) in [6.07, 6.45) is -1.07. The predicted octanol–water partition coefficient (Wildman–Crippen LogP) is 5.37. The van der Waals surface area contributed by atoms with Crippen LogP contribution in [0.1, 0.15) is 22.5 Å². The number of nitrogens with zero attached hydrogens (tertiary/aromatic N) is 1. The van der Waals surface area contributed by atoms with Crippen molar-refractivity contribution in [2.45, 2.75) is 18.0 Å². The molecule has 0 aliphatic heterocycles. The zero-order valence-corrected chi connectivity index (χ0v) is 17.6. The third kappa shape index (κ3) is 4.58. The lowest BCUT2D eigenvalue weighted by Gasteiger charge is -2.09. The minimum Gasteiger partial charge on any atom is -0.338 e. The van der Waals surface area contributed by atoms with Gasteiger partial charge in [0.15, 0.2) is 0 Å². The first-order chi connectivity index (χ1) is 15.0. The van der Waals surface area contributed by atoms with E-state index in [4.69, 9.17) is 5.14 Å². The Morgan fingerprint density at radius 1 is 0.969 bits per heavy atom. The fourth-order valence-electron chi connectivity index (χ4n) is 3.34. The summed E-state index contributed by atoms with van der Waals surface area (Å²) in [6.45, 7) is 1.78. The quantitative estimate of drug-likeness (QED) is 0.432. The molecule has 164 valence electrons. The van der Waals surface area contributed by atoms with E-state index in [1.165, 1.54) is 18.2 Å². The maximum absolute atomic E-state index is 12.7. The second-order valence-electron chi connectivity index (χ2n) is 7.35. The van der Waals surface area contributed by atoms with Crippen LogP contribution in [0.25, 0.3) is 34.3 Å². The normalized spacial score (nSPS) is 12.7. The summed E-state index contributed by atoms with van der Waals surface area (Å²) >= 11 is 0. The molecule has 3 aromatic carbocycles. The highest BCUT2D eigenvalue weighted by atomic mass is 32.2. The number of hydrogen-bond acceptors (Lipinski definition) is 3. The number of halogens is 3. The summed E-state index contributed by atoms with van der Waals surface area (Å²) in [5, 5.41) is 5.39. The van der Waals surface area contributed by atoms with Crippen LogP contribution in [0.4, 0.5) is 13.2 Å². The molecular weight excluding hydrogens is 439 g/mol. The largest absolute Gasteiger partial charge is 0.416 e. The van der Waals surface area contributed by atoms with E-state index in [1.807, 2.05) is 0 Å². The molecule has 0 spiro atoms. The van der Waals surface area contributed by atoms with Crippen molar-refractivity contribution >= 4 is 33.2 Å². The molecular formula is C23H18F3N3O2S. The van der Waals surface area contributed by atoms with Gasteiger partial charge in [0.25, 0.3) is 0 Å². The smallest absolute Gasteiger partial charge is 0.338 e.